The van der Waals surface area contributed by atoms with E-state index >= 15 is 0 Å². The van der Waals surface area contributed by atoms with E-state index < -0.39 is 0 Å². The highest BCUT2D eigenvalue weighted by Gasteiger charge is 2.30. The molecule has 4 rings (SSSR count). The van der Waals surface area contributed by atoms with Crippen LogP contribution in [-0.2, 0) is 16.0 Å². The zero-order valence-electron chi connectivity index (χ0n) is 17.3. The van der Waals surface area contributed by atoms with Crippen LogP contribution in [0.5, 0.6) is 0 Å². The number of nitrogens with zero attached hydrogens (tertiary/aromatic N) is 4. The molecule has 2 atom stereocenters. The van der Waals surface area contributed by atoms with Gasteiger partial charge in [0.05, 0.1) is 11.2 Å². The molecule has 7 nitrogen and oxygen atoms in total. The smallest absolute Gasteiger partial charge is 0.235 e. The van der Waals surface area contributed by atoms with E-state index in [9.17, 15) is 9.59 Å². The molecule has 2 aromatic heterocycles. The average molecular weight is 456 g/mol. The quantitative estimate of drug-likeness (QED) is 0.553. The summed E-state index contributed by atoms with van der Waals surface area (Å²) in [4.78, 5) is 27.6. The zero-order chi connectivity index (χ0) is 21.8. The number of rotatable bonds is 7. The van der Waals surface area contributed by atoms with Crippen molar-refractivity contribution >= 4 is 34.9 Å². The minimum Gasteiger partial charge on any atom is -0.369 e. The minimum absolute atomic E-state index is 0.00151. The number of thioether (sulfide) groups is 1. The summed E-state index contributed by atoms with van der Waals surface area (Å²) >= 11 is 3.08. The van der Waals surface area contributed by atoms with Crippen LogP contribution in [0.25, 0.3) is 5.69 Å². The van der Waals surface area contributed by atoms with E-state index in [1.165, 1.54) is 16.6 Å². The maximum absolute atomic E-state index is 13.1. The Morgan fingerprint density at radius 1 is 1.23 bits per heavy atom. The highest BCUT2D eigenvalue weighted by atomic mass is 32.2. The van der Waals surface area contributed by atoms with Gasteiger partial charge in [-0.2, -0.15) is 0 Å². The van der Waals surface area contributed by atoms with E-state index in [2.05, 4.69) is 16.3 Å². The van der Waals surface area contributed by atoms with E-state index in [1.807, 2.05) is 53.3 Å². The highest BCUT2D eigenvalue weighted by Crippen LogP contribution is 2.29. The Bertz CT molecular complexity index is 1040. The molecule has 2 unspecified atom stereocenters. The number of primary amides is 1. The third-order valence-corrected chi connectivity index (χ3v) is 7.30. The molecule has 1 aliphatic rings. The Labute approximate surface area is 189 Å². The normalized spacial score (nSPS) is 17.5. The van der Waals surface area contributed by atoms with Crippen LogP contribution in [0.15, 0.2) is 53.0 Å². The molecule has 0 saturated carbocycles. The molecule has 1 saturated heterocycles. The molecule has 0 aliphatic carbocycles. The number of para-hydroxylation sites is 1. The molecule has 0 radical (unpaired) electrons. The molecule has 1 fully saturated rings. The van der Waals surface area contributed by atoms with Gasteiger partial charge in [-0.25, -0.2) is 0 Å². The SMILES string of the molecule is CC(Sc1nnc(Cc2cccs2)n1-c1ccccc1)C(=O)N1CCCC(C(N)=O)C1. The number of hydrogen-bond acceptors (Lipinski definition) is 6. The maximum atomic E-state index is 13.1. The largest absolute Gasteiger partial charge is 0.369 e. The first kappa shape index (κ1) is 21.6. The number of carbonyl (C=O) groups excluding carboxylic acids is 2. The average Bonchev–Trinajstić information content (AvgIpc) is 3.44. The van der Waals surface area contributed by atoms with Crippen molar-refractivity contribution in [3.8, 4) is 5.69 Å². The van der Waals surface area contributed by atoms with Gasteiger partial charge in [0, 0.05) is 30.1 Å². The monoisotopic (exact) mass is 455 g/mol. The Morgan fingerprint density at radius 3 is 2.74 bits per heavy atom. The Kier molecular flexibility index (Phi) is 6.72. The highest BCUT2D eigenvalue weighted by molar-refractivity contribution is 8.00. The second kappa shape index (κ2) is 9.65. The van der Waals surface area contributed by atoms with Gasteiger partial charge in [0.15, 0.2) is 5.16 Å². The fourth-order valence-electron chi connectivity index (χ4n) is 3.77. The summed E-state index contributed by atoms with van der Waals surface area (Å²) in [7, 11) is 0. The summed E-state index contributed by atoms with van der Waals surface area (Å²) in [5.74, 6) is 0.237. The first-order chi connectivity index (χ1) is 15.0. The van der Waals surface area contributed by atoms with Crippen LogP contribution in [0.2, 0.25) is 0 Å². The van der Waals surface area contributed by atoms with Gasteiger partial charge in [0.2, 0.25) is 11.8 Å². The molecular formula is C22H25N5O2S2. The molecule has 0 bridgehead atoms. The molecule has 3 aromatic rings. The molecule has 2 N–H and O–H groups in total. The second-order valence-electron chi connectivity index (χ2n) is 7.61. The van der Waals surface area contributed by atoms with Gasteiger partial charge < -0.3 is 10.6 Å². The predicted octanol–water partition coefficient (Wildman–Crippen LogP) is 3.12. The fraction of sp³-hybridized carbons (Fsp3) is 0.364. The molecule has 0 spiro atoms. The summed E-state index contributed by atoms with van der Waals surface area (Å²) in [6.07, 6.45) is 2.21. The lowest BCUT2D eigenvalue weighted by Crippen LogP contribution is -2.46. The van der Waals surface area contributed by atoms with Crippen molar-refractivity contribution in [3.05, 3.63) is 58.5 Å². The van der Waals surface area contributed by atoms with Crippen molar-refractivity contribution in [1.82, 2.24) is 19.7 Å². The summed E-state index contributed by atoms with van der Waals surface area (Å²) in [5, 5.41) is 11.2. The number of thiophene rings is 1. The molecule has 31 heavy (non-hydrogen) atoms. The van der Waals surface area contributed by atoms with Crippen molar-refractivity contribution in [3.63, 3.8) is 0 Å². The standard InChI is InChI=1S/C22H25N5O2S2/c1-15(21(29)26-11-5-7-16(14-26)20(23)28)31-22-25-24-19(13-18-10-6-12-30-18)27(22)17-8-3-2-4-9-17/h2-4,6,8-10,12,15-16H,5,7,11,13-14H2,1H3,(H2,23,28). The van der Waals surface area contributed by atoms with Crippen LogP contribution in [0.1, 0.15) is 30.5 Å². The van der Waals surface area contributed by atoms with Crippen LogP contribution >= 0.6 is 23.1 Å². The van der Waals surface area contributed by atoms with Crippen LogP contribution in [0.3, 0.4) is 0 Å². The lowest BCUT2D eigenvalue weighted by Gasteiger charge is -2.32. The van der Waals surface area contributed by atoms with Crippen molar-refractivity contribution in [2.45, 2.75) is 36.6 Å². The summed E-state index contributed by atoms with van der Waals surface area (Å²) in [5.41, 5.74) is 6.43. The summed E-state index contributed by atoms with van der Waals surface area (Å²) < 4.78 is 2.02. The van der Waals surface area contributed by atoms with E-state index in [-0.39, 0.29) is 23.0 Å². The van der Waals surface area contributed by atoms with E-state index in [4.69, 9.17) is 5.73 Å². The molecule has 2 amide bonds. The van der Waals surface area contributed by atoms with E-state index in [1.54, 1.807) is 16.2 Å². The van der Waals surface area contributed by atoms with Crippen molar-refractivity contribution < 1.29 is 9.59 Å². The van der Waals surface area contributed by atoms with Crippen LogP contribution in [0.4, 0.5) is 0 Å². The van der Waals surface area contributed by atoms with Crippen molar-refractivity contribution in [2.24, 2.45) is 11.7 Å². The Morgan fingerprint density at radius 2 is 2.03 bits per heavy atom. The first-order valence-electron chi connectivity index (χ1n) is 10.3. The van der Waals surface area contributed by atoms with E-state index in [0.29, 0.717) is 24.7 Å². The van der Waals surface area contributed by atoms with Gasteiger partial charge in [-0.15, -0.1) is 21.5 Å². The number of likely N-dealkylation sites (tertiary alicyclic amines) is 1. The summed E-state index contributed by atoms with van der Waals surface area (Å²) in [6, 6.07) is 14.1. The number of carbonyl (C=O) groups is 2. The third kappa shape index (κ3) is 4.99. The first-order valence-corrected chi connectivity index (χ1v) is 12.1. The van der Waals surface area contributed by atoms with Crippen molar-refractivity contribution in [2.75, 3.05) is 13.1 Å². The predicted molar refractivity (Wildman–Crippen MR) is 122 cm³/mol. The number of piperidine rings is 1. The van der Waals surface area contributed by atoms with Gasteiger partial charge in [-0.3, -0.25) is 14.2 Å². The second-order valence-corrected chi connectivity index (χ2v) is 9.95. The molecule has 9 heteroatoms. The lowest BCUT2D eigenvalue weighted by molar-refractivity contribution is -0.134. The maximum Gasteiger partial charge on any atom is 0.235 e. The Balaban J connectivity index is 1.55. The number of hydrogen-bond donors (Lipinski definition) is 1. The number of nitrogens with two attached hydrogens (primary N) is 1. The lowest BCUT2D eigenvalue weighted by atomic mass is 9.97. The number of amides is 2. The molecule has 162 valence electrons. The number of aromatic nitrogens is 3. The molecule has 1 aliphatic heterocycles. The third-order valence-electron chi connectivity index (χ3n) is 5.39. The van der Waals surface area contributed by atoms with Gasteiger partial charge in [-0.05, 0) is 43.3 Å². The Hall–Kier alpha value is -2.65. The van der Waals surface area contributed by atoms with Gasteiger partial charge in [-0.1, -0.05) is 36.0 Å². The van der Waals surface area contributed by atoms with E-state index in [0.717, 1.165) is 24.4 Å². The van der Waals surface area contributed by atoms with Gasteiger partial charge in [0.25, 0.3) is 0 Å². The molecular weight excluding hydrogens is 430 g/mol. The molecule has 1 aromatic carbocycles. The van der Waals surface area contributed by atoms with Crippen molar-refractivity contribution in [1.29, 1.82) is 0 Å². The minimum atomic E-state index is -0.354. The molecule has 3 heterocycles. The van der Waals surface area contributed by atoms with Crippen LogP contribution < -0.4 is 5.73 Å². The van der Waals surface area contributed by atoms with Crippen LogP contribution in [-0.4, -0.2) is 49.8 Å². The number of benzene rings is 1. The summed E-state index contributed by atoms with van der Waals surface area (Å²) in [6.45, 7) is 2.93. The van der Waals surface area contributed by atoms with Crippen LogP contribution in [0, 0.1) is 5.92 Å². The topological polar surface area (TPSA) is 94.1 Å². The zero-order valence-corrected chi connectivity index (χ0v) is 18.9. The van der Waals surface area contributed by atoms with Gasteiger partial charge in [0.1, 0.15) is 5.82 Å². The fourth-order valence-corrected chi connectivity index (χ4v) is 5.44. The van der Waals surface area contributed by atoms with Gasteiger partial charge >= 0.3 is 0 Å².